The first-order valence-electron chi connectivity index (χ1n) is 5.52. The minimum atomic E-state index is -0.311. The van der Waals surface area contributed by atoms with E-state index in [1.807, 2.05) is 30.3 Å². The van der Waals surface area contributed by atoms with Gasteiger partial charge in [0.25, 0.3) is 0 Å². The third-order valence-corrected chi connectivity index (χ3v) is 2.33. The van der Waals surface area contributed by atoms with Crippen LogP contribution in [0.1, 0.15) is 0 Å². The molecule has 0 aliphatic carbocycles. The van der Waals surface area contributed by atoms with Gasteiger partial charge in [-0.15, -0.1) is 0 Å². The van der Waals surface area contributed by atoms with Crippen molar-refractivity contribution in [3.63, 3.8) is 0 Å². The van der Waals surface area contributed by atoms with Gasteiger partial charge in [-0.05, 0) is 24.3 Å². The van der Waals surface area contributed by atoms with Crippen LogP contribution >= 0.6 is 0 Å². The number of pyridine rings is 1. The zero-order valence-electron chi connectivity index (χ0n) is 10.00. The van der Waals surface area contributed by atoms with Gasteiger partial charge in [-0.1, -0.05) is 18.2 Å². The molecule has 0 radical (unpaired) electrons. The first-order valence-corrected chi connectivity index (χ1v) is 5.52. The van der Waals surface area contributed by atoms with Crippen molar-refractivity contribution in [2.45, 2.75) is 0 Å². The zero-order valence-corrected chi connectivity index (χ0v) is 10.00. The lowest BCUT2D eigenvalue weighted by Crippen LogP contribution is -2.42. The molecule has 0 aliphatic rings. The molecule has 2 N–H and O–H groups in total. The Bertz CT molecular complexity index is 501. The average molecular weight is 242 g/mol. The van der Waals surface area contributed by atoms with Gasteiger partial charge in [0, 0.05) is 13.2 Å². The Morgan fingerprint density at radius 1 is 1.17 bits per heavy atom. The highest BCUT2D eigenvalue weighted by Crippen LogP contribution is 2.08. The van der Waals surface area contributed by atoms with Crippen molar-refractivity contribution < 1.29 is 4.79 Å². The number of urea groups is 1. The van der Waals surface area contributed by atoms with Gasteiger partial charge >= 0.3 is 6.03 Å². The number of hydrogen-bond donors (Lipinski definition) is 2. The fourth-order valence-electron chi connectivity index (χ4n) is 1.46. The zero-order chi connectivity index (χ0) is 12.8. The molecule has 1 heterocycles. The second kappa shape index (κ2) is 5.67. The van der Waals surface area contributed by atoms with E-state index in [9.17, 15) is 4.79 Å². The van der Waals surface area contributed by atoms with E-state index < -0.39 is 0 Å². The molecule has 92 valence electrons. The fraction of sp³-hybridized carbons (Fsp3) is 0.0769. The van der Waals surface area contributed by atoms with Gasteiger partial charge in [0.1, 0.15) is 0 Å². The molecule has 1 aromatic heterocycles. The Labute approximate surface area is 105 Å². The molecule has 0 spiro atoms. The average Bonchev–Trinajstić information content (AvgIpc) is 2.40. The summed E-state index contributed by atoms with van der Waals surface area (Å²) >= 11 is 0. The largest absolute Gasteiger partial charge is 0.338 e. The number of hydrazine groups is 1. The SMILES string of the molecule is CN(NC(=O)Nc1cccnc1)c1ccccc1. The molecular formula is C13H14N4O. The van der Waals surface area contributed by atoms with Crippen LogP contribution in [0.4, 0.5) is 16.2 Å². The van der Waals surface area contributed by atoms with Crippen LogP contribution < -0.4 is 15.8 Å². The number of aromatic nitrogens is 1. The van der Waals surface area contributed by atoms with Crippen LogP contribution in [-0.4, -0.2) is 18.1 Å². The van der Waals surface area contributed by atoms with Crippen LogP contribution in [-0.2, 0) is 0 Å². The van der Waals surface area contributed by atoms with E-state index in [0.717, 1.165) is 5.69 Å². The van der Waals surface area contributed by atoms with E-state index in [1.165, 1.54) is 0 Å². The normalized spacial score (nSPS) is 9.61. The molecule has 18 heavy (non-hydrogen) atoms. The number of anilines is 2. The Morgan fingerprint density at radius 2 is 1.94 bits per heavy atom. The van der Waals surface area contributed by atoms with E-state index in [-0.39, 0.29) is 6.03 Å². The maximum Gasteiger partial charge on any atom is 0.338 e. The van der Waals surface area contributed by atoms with Gasteiger partial charge in [-0.2, -0.15) is 0 Å². The second-order valence-electron chi connectivity index (χ2n) is 3.70. The number of para-hydroxylation sites is 1. The molecule has 5 nitrogen and oxygen atoms in total. The number of nitrogens with one attached hydrogen (secondary N) is 2. The van der Waals surface area contributed by atoms with Crippen LogP contribution in [0.25, 0.3) is 0 Å². The van der Waals surface area contributed by atoms with Gasteiger partial charge in [0.05, 0.1) is 17.6 Å². The Morgan fingerprint density at radius 3 is 2.61 bits per heavy atom. The summed E-state index contributed by atoms with van der Waals surface area (Å²) in [6.07, 6.45) is 3.24. The van der Waals surface area contributed by atoms with Gasteiger partial charge < -0.3 is 5.32 Å². The topological polar surface area (TPSA) is 57.3 Å². The van der Waals surface area contributed by atoms with Gasteiger partial charge in [-0.3, -0.25) is 9.99 Å². The summed E-state index contributed by atoms with van der Waals surface area (Å²) in [5.41, 5.74) is 4.25. The second-order valence-corrected chi connectivity index (χ2v) is 3.70. The molecule has 2 amide bonds. The first-order chi connectivity index (χ1) is 8.75. The van der Waals surface area contributed by atoms with E-state index in [4.69, 9.17) is 0 Å². The molecule has 0 saturated heterocycles. The minimum absolute atomic E-state index is 0.311. The number of hydrogen-bond acceptors (Lipinski definition) is 3. The first kappa shape index (κ1) is 11.9. The smallest absolute Gasteiger partial charge is 0.305 e. The van der Waals surface area contributed by atoms with Crippen LogP contribution in [0.3, 0.4) is 0 Å². The lowest BCUT2D eigenvalue weighted by molar-refractivity contribution is 0.251. The molecular weight excluding hydrogens is 228 g/mol. The number of rotatable bonds is 3. The molecule has 0 fully saturated rings. The monoisotopic (exact) mass is 242 g/mol. The van der Waals surface area contributed by atoms with Gasteiger partial charge in [0.15, 0.2) is 0 Å². The summed E-state index contributed by atoms with van der Waals surface area (Å²) < 4.78 is 0. The van der Waals surface area contributed by atoms with Crippen LogP contribution in [0, 0.1) is 0 Å². The molecule has 2 rings (SSSR count). The van der Waals surface area contributed by atoms with Crippen molar-refractivity contribution >= 4 is 17.4 Å². The molecule has 0 unspecified atom stereocenters. The van der Waals surface area contributed by atoms with E-state index in [2.05, 4.69) is 15.7 Å². The predicted octanol–water partition coefficient (Wildman–Crippen LogP) is 2.25. The van der Waals surface area contributed by atoms with Crippen molar-refractivity contribution in [3.8, 4) is 0 Å². The summed E-state index contributed by atoms with van der Waals surface area (Å²) in [4.78, 5) is 15.6. The lowest BCUT2D eigenvalue weighted by atomic mass is 10.3. The molecule has 5 heteroatoms. The Hall–Kier alpha value is -2.56. The standard InChI is InChI=1S/C13H14N4O/c1-17(12-7-3-2-4-8-12)16-13(18)15-11-6-5-9-14-10-11/h2-10H,1H3,(H2,15,16,18). The summed E-state index contributed by atoms with van der Waals surface area (Å²) in [5, 5.41) is 4.33. The quantitative estimate of drug-likeness (QED) is 0.812. The van der Waals surface area contributed by atoms with E-state index >= 15 is 0 Å². The molecule has 0 aliphatic heterocycles. The van der Waals surface area contributed by atoms with Gasteiger partial charge in [0.2, 0.25) is 0 Å². The third-order valence-electron chi connectivity index (χ3n) is 2.33. The minimum Gasteiger partial charge on any atom is -0.305 e. The van der Waals surface area contributed by atoms with Crippen molar-refractivity contribution in [2.75, 3.05) is 17.4 Å². The predicted molar refractivity (Wildman–Crippen MR) is 71.2 cm³/mol. The van der Waals surface area contributed by atoms with Crippen LogP contribution in [0.5, 0.6) is 0 Å². The maximum atomic E-state index is 11.7. The van der Waals surface area contributed by atoms with Gasteiger partial charge in [-0.25, -0.2) is 10.2 Å². The number of nitrogens with zero attached hydrogens (tertiary/aromatic N) is 2. The Kier molecular flexibility index (Phi) is 3.76. The molecule has 0 atom stereocenters. The highest BCUT2D eigenvalue weighted by molar-refractivity contribution is 5.89. The molecule has 1 aromatic carbocycles. The fourth-order valence-corrected chi connectivity index (χ4v) is 1.46. The highest BCUT2D eigenvalue weighted by Gasteiger charge is 2.05. The van der Waals surface area contributed by atoms with Crippen LogP contribution in [0.2, 0.25) is 0 Å². The Balaban J connectivity index is 1.92. The maximum absolute atomic E-state index is 11.7. The number of carbonyl (C=O) groups excluding carboxylic acids is 1. The summed E-state index contributed by atoms with van der Waals surface area (Å²) in [6.45, 7) is 0. The summed E-state index contributed by atoms with van der Waals surface area (Å²) in [6, 6.07) is 12.8. The summed E-state index contributed by atoms with van der Waals surface area (Å²) in [7, 11) is 1.78. The number of amides is 2. The van der Waals surface area contributed by atoms with Crippen molar-refractivity contribution in [1.82, 2.24) is 10.4 Å². The number of carbonyl (C=O) groups is 1. The van der Waals surface area contributed by atoms with Crippen molar-refractivity contribution in [1.29, 1.82) is 0 Å². The molecule has 0 saturated carbocycles. The third kappa shape index (κ3) is 3.21. The van der Waals surface area contributed by atoms with Crippen molar-refractivity contribution in [3.05, 3.63) is 54.9 Å². The van der Waals surface area contributed by atoms with Crippen LogP contribution in [0.15, 0.2) is 54.9 Å². The van der Waals surface area contributed by atoms with E-state index in [1.54, 1.807) is 36.6 Å². The molecule has 2 aromatic rings. The highest BCUT2D eigenvalue weighted by atomic mass is 16.2. The van der Waals surface area contributed by atoms with E-state index in [0.29, 0.717) is 5.69 Å². The molecule has 0 bridgehead atoms. The number of benzene rings is 1. The lowest BCUT2D eigenvalue weighted by Gasteiger charge is -2.20. The van der Waals surface area contributed by atoms with Crippen molar-refractivity contribution in [2.24, 2.45) is 0 Å². The summed E-state index contributed by atoms with van der Waals surface area (Å²) in [5.74, 6) is 0.